The molecule has 4 aromatic rings. The lowest BCUT2D eigenvalue weighted by molar-refractivity contribution is 0.0527. The molecule has 0 saturated heterocycles. The molecule has 1 heterocycles. The SMILES string of the molecule is CCOC(=O)c1cc(C(=O)c2ccccc2O)cnc1Nc1ccccc1C(=O)c1ccccc1. The van der Waals surface area contributed by atoms with Crippen LogP contribution in [-0.2, 0) is 4.74 Å². The number of phenolic OH excluding ortho intramolecular Hbond substituents is 1. The number of ketones is 2. The van der Waals surface area contributed by atoms with Gasteiger partial charge in [0.15, 0.2) is 11.6 Å². The molecule has 0 unspecified atom stereocenters. The van der Waals surface area contributed by atoms with E-state index in [1.807, 2.05) is 6.07 Å². The first-order chi connectivity index (χ1) is 17.0. The van der Waals surface area contributed by atoms with Crippen molar-refractivity contribution in [3.63, 3.8) is 0 Å². The third-order valence-electron chi connectivity index (χ3n) is 5.25. The van der Waals surface area contributed by atoms with Crippen molar-refractivity contribution in [1.82, 2.24) is 4.98 Å². The normalized spacial score (nSPS) is 10.4. The number of hydrogen-bond donors (Lipinski definition) is 2. The number of benzene rings is 3. The summed E-state index contributed by atoms with van der Waals surface area (Å²) >= 11 is 0. The third-order valence-corrected chi connectivity index (χ3v) is 5.25. The van der Waals surface area contributed by atoms with Crippen LogP contribution in [0.1, 0.15) is 49.1 Å². The van der Waals surface area contributed by atoms with Crippen LogP contribution in [-0.4, -0.2) is 34.2 Å². The number of anilines is 2. The minimum absolute atomic E-state index is 0.0232. The van der Waals surface area contributed by atoms with Gasteiger partial charge < -0.3 is 15.2 Å². The van der Waals surface area contributed by atoms with E-state index >= 15 is 0 Å². The Labute approximate surface area is 202 Å². The highest BCUT2D eigenvalue weighted by Crippen LogP contribution is 2.27. The number of phenols is 1. The minimum atomic E-state index is -0.679. The van der Waals surface area contributed by atoms with E-state index in [1.165, 1.54) is 24.4 Å². The van der Waals surface area contributed by atoms with E-state index in [-0.39, 0.29) is 40.6 Å². The number of pyridine rings is 1. The number of rotatable bonds is 8. The summed E-state index contributed by atoms with van der Waals surface area (Å²) < 4.78 is 5.17. The topological polar surface area (TPSA) is 106 Å². The molecule has 7 nitrogen and oxygen atoms in total. The number of aromatic hydroxyl groups is 1. The van der Waals surface area contributed by atoms with Gasteiger partial charge in [0.1, 0.15) is 17.1 Å². The molecule has 7 heteroatoms. The van der Waals surface area contributed by atoms with Gasteiger partial charge in [-0.3, -0.25) is 9.59 Å². The number of carbonyl (C=O) groups is 3. The third kappa shape index (κ3) is 5.09. The summed E-state index contributed by atoms with van der Waals surface area (Å²) in [6.07, 6.45) is 1.31. The fourth-order valence-electron chi connectivity index (χ4n) is 3.54. The lowest BCUT2D eigenvalue weighted by Crippen LogP contribution is -2.13. The Balaban J connectivity index is 1.73. The molecule has 0 radical (unpaired) electrons. The molecule has 1 aromatic heterocycles. The maximum atomic E-state index is 13.1. The van der Waals surface area contributed by atoms with Gasteiger partial charge in [-0.05, 0) is 37.3 Å². The number of ether oxygens (including phenoxy) is 1. The molecule has 2 N–H and O–H groups in total. The largest absolute Gasteiger partial charge is 0.507 e. The van der Waals surface area contributed by atoms with E-state index < -0.39 is 11.8 Å². The maximum Gasteiger partial charge on any atom is 0.341 e. The number of hydrogen-bond acceptors (Lipinski definition) is 7. The van der Waals surface area contributed by atoms with Crippen molar-refractivity contribution in [2.24, 2.45) is 0 Å². The van der Waals surface area contributed by atoms with E-state index in [1.54, 1.807) is 67.6 Å². The van der Waals surface area contributed by atoms with Crippen molar-refractivity contribution in [1.29, 1.82) is 0 Å². The van der Waals surface area contributed by atoms with Crippen LogP contribution >= 0.6 is 0 Å². The maximum absolute atomic E-state index is 13.1. The highest BCUT2D eigenvalue weighted by molar-refractivity contribution is 6.13. The summed E-state index contributed by atoms with van der Waals surface area (Å²) in [5.41, 5.74) is 1.57. The summed E-state index contributed by atoms with van der Waals surface area (Å²) in [6.45, 7) is 1.79. The predicted octanol–water partition coefficient (Wildman–Crippen LogP) is 5.17. The van der Waals surface area contributed by atoms with Crippen molar-refractivity contribution in [2.45, 2.75) is 6.92 Å². The van der Waals surface area contributed by atoms with Gasteiger partial charge in [0, 0.05) is 22.9 Å². The van der Waals surface area contributed by atoms with Gasteiger partial charge in [0.05, 0.1) is 17.9 Å². The molecule has 0 saturated carbocycles. The predicted molar refractivity (Wildman–Crippen MR) is 131 cm³/mol. The number of nitrogens with zero attached hydrogens (tertiary/aromatic N) is 1. The highest BCUT2D eigenvalue weighted by atomic mass is 16.5. The first kappa shape index (κ1) is 23.4. The van der Waals surface area contributed by atoms with Gasteiger partial charge in [-0.2, -0.15) is 0 Å². The Hall–Kier alpha value is -4.78. The zero-order chi connectivity index (χ0) is 24.8. The fraction of sp³-hybridized carbons (Fsp3) is 0.0714. The van der Waals surface area contributed by atoms with Crippen LogP contribution in [0, 0.1) is 0 Å². The van der Waals surface area contributed by atoms with Crippen LogP contribution in [0.4, 0.5) is 11.5 Å². The van der Waals surface area contributed by atoms with Crippen LogP contribution in [0.25, 0.3) is 0 Å². The Morgan fingerprint density at radius 1 is 0.800 bits per heavy atom. The second kappa shape index (κ2) is 10.4. The Morgan fingerprint density at radius 3 is 2.14 bits per heavy atom. The molecule has 174 valence electrons. The van der Waals surface area contributed by atoms with Gasteiger partial charge in [0.2, 0.25) is 0 Å². The van der Waals surface area contributed by atoms with Gasteiger partial charge in [-0.15, -0.1) is 0 Å². The van der Waals surface area contributed by atoms with Crippen LogP contribution in [0.2, 0.25) is 0 Å². The number of aromatic nitrogens is 1. The second-order valence-electron chi connectivity index (χ2n) is 7.55. The quantitative estimate of drug-likeness (QED) is 0.273. The summed E-state index contributed by atoms with van der Waals surface area (Å²) in [7, 11) is 0. The molecule has 0 fully saturated rings. The molecule has 0 amide bonds. The van der Waals surface area contributed by atoms with Crippen molar-refractivity contribution in [3.05, 3.63) is 119 Å². The number of carbonyl (C=O) groups excluding carboxylic acids is 3. The van der Waals surface area contributed by atoms with Crippen molar-refractivity contribution < 1.29 is 24.2 Å². The highest BCUT2D eigenvalue weighted by Gasteiger charge is 2.21. The first-order valence-corrected chi connectivity index (χ1v) is 10.9. The molecule has 0 atom stereocenters. The van der Waals surface area contributed by atoms with Gasteiger partial charge in [0.25, 0.3) is 0 Å². The number of nitrogens with one attached hydrogen (secondary N) is 1. The van der Waals surface area contributed by atoms with Crippen molar-refractivity contribution in [3.8, 4) is 5.75 Å². The lowest BCUT2D eigenvalue weighted by Gasteiger charge is -2.14. The molecule has 0 aliphatic carbocycles. The van der Waals surface area contributed by atoms with Gasteiger partial charge >= 0.3 is 5.97 Å². The van der Waals surface area contributed by atoms with Gasteiger partial charge in [-0.1, -0.05) is 54.6 Å². The molecular formula is C28H22N2O5. The zero-order valence-corrected chi connectivity index (χ0v) is 18.9. The first-order valence-electron chi connectivity index (χ1n) is 10.9. The van der Waals surface area contributed by atoms with E-state index in [9.17, 15) is 19.5 Å². The van der Waals surface area contributed by atoms with E-state index in [2.05, 4.69) is 10.3 Å². The number of para-hydroxylation sites is 2. The fourth-order valence-corrected chi connectivity index (χ4v) is 3.54. The monoisotopic (exact) mass is 466 g/mol. The van der Waals surface area contributed by atoms with E-state index in [0.29, 0.717) is 16.8 Å². The lowest BCUT2D eigenvalue weighted by atomic mass is 10.0. The van der Waals surface area contributed by atoms with Crippen molar-refractivity contribution in [2.75, 3.05) is 11.9 Å². The summed E-state index contributed by atoms with van der Waals surface area (Å²) in [5.74, 6) is -1.41. The van der Waals surface area contributed by atoms with E-state index in [0.717, 1.165) is 0 Å². The summed E-state index contributed by atoms with van der Waals surface area (Å²) in [5, 5.41) is 13.1. The van der Waals surface area contributed by atoms with Crippen LogP contribution in [0.5, 0.6) is 5.75 Å². The molecular weight excluding hydrogens is 444 g/mol. The molecule has 0 spiro atoms. The second-order valence-corrected chi connectivity index (χ2v) is 7.55. The minimum Gasteiger partial charge on any atom is -0.507 e. The zero-order valence-electron chi connectivity index (χ0n) is 18.9. The standard InChI is InChI=1S/C28H22N2O5/c1-2-35-28(34)22-16-19(26(33)21-13-7-9-15-24(21)31)17-29-27(22)30-23-14-8-6-12-20(23)25(32)18-10-4-3-5-11-18/h3-17,31H,2H2,1H3,(H,29,30). The van der Waals surface area contributed by atoms with Crippen LogP contribution in [0.3, 0.4) is 0 Å². The van der Waals surface area contributed by atoms with Crippen LogP contribution < -0.4 is 5.32 Å². The average Bonchev–Trinajstić information content (AvgIpc) is 2.89. The van der Waals surface area contributed by atoms with Gasteiger partial charge in [-0.25, -0.2) is 9.78 Å². The number of esters is 1. The molecule has 0 bridgehead atoms. The van der Waals surface area contributed by atoms with Crippen molar-refractivity contribution >= 4 is 29.0 Å². The Bertz CT molecular complexity index is 1400. The smallest absolute Gasteiger partial charge is 0.341 e. The Kier molecular flexibility index (Phi) is 6.97. The van der Waals surface area contributed by atoms with Crippen LogP contribution in [0.15, 0.2) is 91.1 Å². The molecule has 4 rings (SSSR count). The summed E-state index contributed by atoms with van der Waals surface area (Å²) in [6, 6.07) is 23.2. The summed E-state index contributed by atoms with van der Waals surface area (Å²) in [4.78, 5) is 43.1. The molecule has 0 aliphatic rings. The Morgan fingerprint density at radius 2 is 1.43 bits per heavy atom. The molecule has 0 aliphatic heterocycles. The average molecular weight is 466 g/mol. The van der Waals surface area contributed by atoms with E-state index in [4.69, 9.17) is 4.74 Å². The molecule has 35 heavy (non-hydrogen) atoms. The molecule has 3 aromatic carbocycles.